The van der Waals surface area contributed by atoms with Gasteiger partial charge in [0.25, 0.3) is 5.91 Å². The first kappa shape index (κ1) is 14.5. The first-order chi connectivity index (χ1) is 8.91. The second-order valence-electron chi connectivity index (χ2n) is 5.20. The number of piperidine rings is 1. The molecule has 1 aromatic rings. The number of benzene rings is 1. The van der Waals surface area contributed by atoms with E-state index in [4.69, 9.17) is 28.9 Å². The number of carbonyl (C=O) groups excluding carboxylic acids is 1. The molecule has 2 N–H and O–H groups in total. The number of nitrogen functional groups attached to an aromatic ring is 1. The lowest BCUT2D eigenvalue weighted by atomic mass is 9.96. The van der Waals surface area contributed by atoms with Crippen LogP contribution in [0.25, 0.3) is 0 Å². The third-order valence-corrected chi connectivity index (χ3v) is 4.55. The molecule has 1 saturated heterocycles. The first-order valence-electron chi connectivity index (χ1n) is 6.49. The molecule has 0 unspecified atom stereocenters. The minimum Gasteiger partial charge on any atom is -0.397 e. The van der Waals surface area contributed by atoms with E-state index in [1.807, 2.05) is 4.90 Å². The van der Waals surface area contributed by atoms with Crippen LogP contribution in [0.5, 0.6) is 0 Å². The van der Waals surface area contributed by atoms with Gasteiger partial charge in [-0.3, -0.25) is 4.79 Å². The third kappa shape index (κ3) is 2.82. The SMILES string of the molecule is C[C@@H]1CCC[C@H](C)N1C(=O)c1cc(N)c(Cl)c(Cl)c1. The number of amides is 1. The van der Waals surface area contributed by atoms with E-state index in [9.17, 15) is 4.79 Å². The fourth-order valence-electron chi connectivity index (χ4n) is 2.70. The second-order valence-corrected chi connectivity index (χ2v) is 5.99. The molecule has 2 atom stereocenters. The number of nitrogens with zero attached hydrogens (tertiary/aromatic N) is 1. The number of anilines is 1. The average Bonchev–Trinajstić information content (AvgIpc) is 2.35. The summed E-state index contributed by atoms with van der Waals surface area (Å²) in [6, 6.07) is 3.68. The van der Waals surface area contributed by atoms with Crippen LogP contribution in [0.15, 0.2) is 12.1 Å². The molecule has 0 bridgehead atoms. The number of hydrogen-bond donors (Lipinski definition) is 1. The van der Waals surface area contributed by atoms with E-state index in [2.05, 4.69) is 13.8 Å². The number of rotatable bonds is 1. The zero-order chi connectivity index (χ0) is 14.2. The Bertz CT molecular complexity index is 471. The minimum atomic E-state index is -0.0232. The molecule has 0 spiro atoms. The van der Waals surface area contributed by atoms with E-state index in [0.29, 0.717) is 21.3 Å². The van der Waals surface area contributed by atoms with Gasteiger partial charge >= 0.3 is 0 Å². The van der Waals surface area contributed by atoms with Gasteiger partial charge in [0.1, 0.15) is 0 Å². The first-order valence-corrected chi connectivity index (χ1v) is 7.24. The van der Waals surface area contributed by atoms with Crippen molar-refractivity contribution < 1.29 is 4.79 Å². The Hall–Kier alpha value is -0.930. The van der Waals surface area contributed by atoms with E-state index in [1.54, 1.807) is 12.1 Å². The predicted molar refractivity (Wildman–Crippen MR) is 79.8 cm³/mol. The van der Waals surface area contributed by atoms with Gasteiger partial charge in [-0.25, -0.2) is 0 Å². The van der Waals surface area contributed by atoms with Gasteiger partial charge < -0.3 is 10.6 Å². The van der Waals surface area contributed by atoms with Crippen LogP contribution in [0.4, 0.5) is 5.69 Å². The van der Waals surface area contributed by atoms with Gasteiger partial charge in [0.05, 0.1) is 15.7 Å². The highest BCUT2D eigenvalue weighted by Gasteiger charge is 2.30. The molecule has 1 heterocycles. The molecule has 0 saturated carbocycles. The highest BCUT2D eigenvalue weighted by Crippen LogP contribution is 2.31. The molecular weight excluding hydrogens is 283 g/mol. The normalized spacial score (nSPS) is 23.5. The van der Waals surface area contributed by atoms with Crippen molar-refractivity contribution in [3.63, 3.8) is 0 Å². The maximum absolute atomic E-state index is 12.6. The number of likely N-dealkylation sites (tertiary alicyclic amines) is 1. The lowest BCUT2D eigenvalue weighted by Gasteiger charge is -2.39. The molecule has 1 aromatic carbocycles. The summed E-state index contributed by atoms with van der Waals surface area (Å²) in [7, 11) is 0. The van der Waals surface area contributed by atoms with Crippen LogP contribution in [0.2, 0.25) is 10.0 Å². The van der Waals surface area contributed by atoms with Crippen molar-refractivity contribution in [1.29, 1.82) is 0 Å². The molecular formula is C14H18Cl2N2O. The molecule has 0 aliphatic carbocycles. The molecule has 3 nitrogen and oxygen atoms in total. The topological polar surface area (TPSA) is 46.3 Å². The van der Waals surface area contributed by atoms with E-state index in [0.717, 1.165) is 19.3 Å². The Morgan fingerprint density at radius 3 is 2.37 bits per heavy atom. The van der Waals surface area contributed by atoms with E-state index >= 15 is 0 Å². The fraction of sp³-hybridized carbons (Fsp3) is 0.500. The lowest BCUT2D eigenvalue weighted by Crippen LogP contribution is -2.47. The average molecular weight is 301 g/mol. The van der Waals surface area contributed by atoms with Crippen molar-refractivity contribution in [3.05, 3.63) is 27.7 Å². The Morgan fingerprint density at radius 1 is 1.26 bits per heavy atom. The maximum Gasteiger partial charge on any atom is 0.254 e. The van der Waals surface area contributed by atoms with Crippen LogP contribution in [0.3, 0.4) is 0 Å². The predicted octanol–water partition coefficient (Wildman–Crippen LogP) is 3.98. The summed E-state index contributed by atoms with van der Waals surface area (Å²) in [5.74, 6) is -0.0232. The summed E-state index contributed by atoms with van der Waals surface area (Å²) in [5.41, 5.74) is 6.62. The van der Waals surface area contributed by atoms with E-state index in [-0.39, 0.29) is 18.0 Å². The fourth-order valence-corrected chi connectivity index (χ4v) is 3.04. The molecule has 0 radical (unpaired) electrons. The quantitative estimate of drug-likeness (QED) is 0.798. The summed E-state index contributed by atoms with van der Waals surface area (Å²) >= 11 is 11.9. The standard InChI is InChI=1S/C14H18Cl2N2O/c1-8-4-3-5-9(2)18(8)14(19)10-6-11(15)13(16)12(17)7-10/h6-9H,3-5,17H2,1-2H3/t8-,9+. The molecule has 19 heavy (non-hydrogen) atoms. The Kier molecular flexibility index (Phi) is 4.26. The molecule has 2 rings (SSSR count). The van der Waals surface area contributed by atoms with Gasteiger partial charge in [-0.2, -0.15) is 0 Å². The van der Waals surface area contributed by atoms with Gasteiger partial charge in [0.2, 0.25) is 0 Å². The zero-order valence-corrected chi connectivity index (χ0v) is 12.6. The smallest absolute Gasteiger partial charge is 0.254 e. The molecule has 1 aliphatic rings. The Morgan fingerprint density at radius 2 is 1.84 bits per heavy atom. The number of carbonyl (C=O) groups is 1. The maximum atomic E-state index is 12.6. The number of halogens is 2. The van der Waals surface area contributed by atoms with E-state index < -0.39 is 0 Å². The van der Waals surface area contributed by atoms with E-state index in [1.165, 1.54) is 0 Å². The van der Waals surface area contributed by atoms with Crippen LogP contribution >= 0.6 is 23.2 Å². The molecule has 5 heteroatoms. The van der Waals surface area contributed by atoms with Crippen molar-refractivity contribution >= 4 is 34.8 Å². The highest BCUT2D eigenvalue weighted by molar-refractivity contribution is 6.43. The van der Waals surface area contributed by atoms with Gasteiger partial charge in [0.15, 0.2) is 0 Å². The monoisotopic (exact) mass is 300 g/mol. The van der Waals surface area contributed by atoms with Crippen LogP contribution < -0.4 is 5.73 Å². The van der Waals surface area contributed by atoms with Gasteiger partial charge in [0, 0.05) is 17.6 Å². The molecule has 104 valence electrons. The van der Waals surface area contributed by atoms with Crippen LogP contribution in [-0.4, -0.2) is 22.9 Å². The summed E-state index contributed by atoms with van der Waals surface area (Å²) in [5, 5.41) is 0.625. The van der Waals surface area contributed by atoms with Crippen LogP contribution in [0.1, 0.15) is 43.5 Å². The Balaban J connectivity index is 2.33. The Labute approximate surface area is 123 Å². The number of hydrogen-bond acceptors (Lipinski definition) is 2. The van der Waals surface area contributed by atoms with Crippen LogP contribution in [0, 0.1) is 0 Å². The minimum absolute atomic E-state index is 0.0232. The van der Waals surface area contributed by atoms with Crippen molar-refractivity contribution in [2.24, 2.45) is 0 Å². The largest absolute Gasteiger partial charge is 0.397 e. The summed E-state index contributed by atoms with van der Waals surface area (Å²) in [4.78, 5) is 14.5. The van der Waals surface area contributed by atoms with Crippen molar-refractivity contribution in [2.75, 3.05) is 5.73 Å². The highest BCUT2D eigenvalue weighted by atomic mass is 35.5. The summed E-state index contributed by atoms with van der Waals surface area (Å²) in [6.45, 7) is 4.16. The zero-order valence-electron chi connectivity index (χ0n) is 11.1. The molecule has 1 aliphatic heterocycles. The van der Waals surface area contributed by atoms with Gasteiger partial charge in [-0.05, 0) is 45.2 Å². The van der Waals surface area contributed by atoms with Crippen molar-refractivity contribution in [3.8, 4) is 0 Å². The van der Waals surface area contributed by atoms with Crippen molar-refractivity contribution in [2.45, 2.75) is 45.2 Å². The van der Waals surface area contributed by atoms with Gasteiger partial charge in [-0.15, -0.1) is 0 Å². The second kappa shape index (κ2) is 5.59. The van der Waals surface area contributed by atoms with Crippen molar-refractivity contribution in [1.82, 2.24) is 4.90 Å². The summed E-state index contributed by atoms with van der Waals surface area (Å²) in [6.07, 6.45) is 3.23. The number of nitrogens with two attached hydrogens (primary N) is 1. The van der Waals surface area contributed by atoms with Crippen LogP contribution in [-0.2, 0) is 0 Å². The molecule has 0 aromatic heterocycles. The van der Waals surface area contributed by atoms with Gasteiger partial charge in [-0.1, -0.05) is 23.2 Å². The molecule has 1 amide bonds. The summed E-state index contributed by atoms with van der Waals surface area (Å²) < 4.78 is 0. The lowest BCUT2D eigenvalue weighted by molar-refractivity contribution is 0.0511. The molecule has 1 fully saturated rings. The third-order valence-electron chi connectivity index (χ3n) is 3.73.